The van der Waals surface area contributed by atoms with E-state index in [4.69, 9.17) is 15.6 Å². The monoisotopic (exact) mass is 307 g/mol. The first-order valence-corrected chi connectivity index (χ1v) is 7.87. The summed E-state index contributed by atoms with van der Waals surface area (Å²) in [6, 6.07) is 11.7. The number of anilines is 3. The van der Waals surface area contributed by atoms with E-state index in [-0.39, 0.29) is 4.90 Å². The van der Waals surface area contributed by atoms with Crippen LogP contribution in [-0.2, 0) is 10.0 Å². The highest BCUT2D eigenvalue weighted by molar-refractivity contribution is 7.89. The first-order valence-electron chi connectivity index (χ1n) is 6.32. The van der Waals surface area contributed by atoms with Crippen LogP contribution in [0.4, 0.5) is 17.1 Å². The van der Waals surface area contributed by atoms with Crippen molar-refractivity contribution >= 4 is 27.1 Å². The number of hydrogen-bond acceptors (Lipinski definition) is 5. The van der Waals surface area contributed by atoms with Crippen molar-refractivity contribution < 1.29 is 13.2 Å². The van der Waals surface area contributed by atoms with Gasteiger partial charge in [0.1, 0.15) is 5.75 Å². The summed E-state index contributed by atoms with van der Waals surface area (Å²) in [5.41, 5.74) is 7.53. The Morgan fingerprint density at radius 3 is 2.57 bits per heavy atom. The first kappa shape index (κ1) is 15.1. The van der Waals surface area contributed by atoms with E-state index in [0.717, 1.165) is 11.4 Å². The predicted octanol–water partition coefficient (Wildman–Crippen LogP) is 2.06. The predicted molar refractivity (Wildman–Crippen MR) is 83.1 cm³/mol. The molecule has 0 aromatic heterocycles. The van der Waals surface area contributed by atoms with E-state index in [1.807, 2.05) is 31.2 Å². The van der Waals surface area contributed by atoms with Gasteiger partial charge in [-0.25, -0.2) is 13.6 Å². The van der Waals surface area contributed by atoms with Crippen molar-refractivity contribution in [3.05, 3.63) is 42.5 Å². The van der Waals surface area contributed by atoms with E-state index >= 15 is 0 Å². The molecule has 0 amide bonds. The molecule has 0 unspecified atom stereocenters. The smallest absolute Gasteiger partial charge is 0.238 e. The lowest BCUT2D eigenvalue weighted by atomic mass is 10.2. The van der Waals surface area contributed by atoms with Crippen molar-refractivity contribution in [3.63, 3.8) is 0 Å². The Labute approximate surface area is 123 Å². The van der Waals surface area contributed by atoms with Crippen LogP contribution in [-0.4, -0.2) is 15.0 Å². The van der Waals surface area contributed by atoms with Gasteiger partial charge in [0.15, 0.2) is 0 Å². The summed E-state index contributed by atoms with van der Waals surface area (Å²) in [5, 5.41) is 8.17. The van der Waals surface area contributed by atoms with Gasteiger partial charge in [-0.2, -0.15) is 0 Å². The maximum Gasteiger partial charge on any atom is 0.238 e. The summed E-state index contributed by atoms with van der Waals surface area (Å²) in [4.78, 5) is -0.0198. The van der Waals surface area contributed by atoms with Crippen LogP contribution in [0.15, 0.2) is 47.4 Å². The SMILES string of the molecule is CCOc1cccc(Nc2ccc(S(N)(=O)=O)cc2N)c1. The number of nitrogens with two attached hydrogens (primary N) is 2. The van der Waals surface area contributed by atoms with Crippen molar-refractivity contribution in [1.29, 1.82) is 0 Å². The Balaban J connectivity index is 2.26. The van der Waals surface area contributed by atoms with Crippen LogP contribution >= 0.6 is 0 Å². The molecule has 21 heavy (non-hydrogen) atoms. The van der Waals surface area contributed by atoms with Crippen molar-refractivity contribution in [2.75, 3.05) is 17.7 Å². The van der Waals surface area contributed by atoms with Gasteiger partial charge in [-0.3, -0.25) is 0 Å². The molecular weight excluding hydrogens is 290 g/mol. The zero-order valence-electron chi connectivity index (χ0n) is 11.5. The van der Waals surface area contributed by atoms with Gasteiger partial charge in [0.2, 0.25) is 10.0 Å². The summed E-state index contributed by atoms with van der Waals surface area (Å²) >= 11 is 0. The average molecular weight is 307 g/mol. The third-order valence-electron chi connectivity index (χ3n) is 2.78. The molecule has 6 nitrogen and oxygen atoms in total. The lowest BCUT2D eigenvalue weighted by Crippen LogP contribution is -2.12. The Morgan fingerprint density at radius 1 is 1.19 bits per heavy atom. The summed E-state index contributed by atoms with van der Waals surface area (Å²) < 4.78 is 27.9. The second kappa shape index (κ2) is 6.02. The van der Waals surface area contributed by atoms with Crippen molar-refractivity contribution in [1.82, 2.24) is 0 Å². The first-order chi connectivity index (χ1) is 9.90. The minimum Gasteiger partial charge on any atom is -0.494 e. The van der Waals surface area contributed by atoms with E-state index in [1.54, 1.807) is 6.07 Å². The Morgan fingerprint density at radius 2 is 1.95 bits per heavy atom. The van der Waals surface area contributed by atoms with Crippen LogP contribution in [0, 0.1) is 0 Å². The number of nitrogen functional groups attached to an aromatic ring is 1. The van der Waals surface area contributed by atoms with Gasteiger partial charge in [-0.15, -0.1) is 0 Å². The highest BCUT2D eigenvalue weighted by Gasteiger charge is 2.10. The van der Waals surface area contributed by atoms with Gasteiger partial charge < -0.3 is 15.8 Å². The van der Waals surface area contributed by atoms with E-state index in [0.29, 0.717) is 18.0 Å². The zero-order valence-corrected chi connectivity index (χ0v) is 12.4. The molecule has 0 aliphatic carbocycles. The van der Waals surface area contributed by atoms with Gasteiger partial charge in [-0.1, -0.05) is 6.07 Å². The van der Waals surface area contributed by atoms with Gasteiger partial charge in [-0.05, 0) is 37.3 Å². The second-order valence-electron chi connectivity index (χ2n) is 4.38. The largest absolute Gasteiger partial charge is 0.494 e. The Bertz CT molecular complexity index is 745. The summed E-state index contributed by atoms with van der Waals surface area (Å²) in [7, 11) is -3.76. The standard InChI is InChI=1S/C14H17N3O3S/c1-2-20-11-5-3-4-10(8-11)17-14-7-6-12(9-13(14)15)21(16,18)19/h3-9,17H,2,15H2,1H3,(H2,16,18,19). The van der Waals surface area contributed by atoms with Crippen LogP contribution in [0.1, 0.15) is 6.92 Å². The van der Waals surface area contributed by atoms with Gasteiger partial charge in [0, 0.05) is 11.8 Å². The number of sulfonamides is 1. The minimum atomic E-state index is -3.76. The molecule has 2 aromatic carbocycles. The zero-order chi connectivity index (χ0) is 15.5. The van der Waals surface area contributed by atoms with Crippen molar-refractivity contribution in [2.45, 2.75) is 11.8 Å². The fourth-order valence-corrected chi connectivity index (χ4v) is 2.37. The quantitative estimate of drug-likeness (QED) is 0.733. The molecule has 0 saturated heterocycles. The number of ether oxygens (including phenoxy) is 1. The normalized spacial score (nSPS) is 11.1. The molecule has 2 aromatic rings. The van der Waals surface area contributed by atoms with Crippen LogP contribution in [0.2, 0.25) is 0 Å². The lowest BCUT2D eigenvalue weighted by molar-refractivity contribution is 0.340. The maximum absolute atomic E-state index is 11.3. The third-order valence-corrected chi connectivity index (χ3v) is 3.69. The van der Waals surface area contributed by atoms with Crippen molar-refractivity contribution in [3.8, 4) is 5.75 Å². The highest BCUT2D eigenvalue weighted by atomic mass is 32.2. The summed E-state index contributed by atoms with van der Waals surface area (Å²) in [6.07, 6.45) is 0. The molecular formula is C14H17N3O3S. The molecule has 0 atom stereocenters. The number of benzene rings is 2. The number of rotatable bonds is 5. The van der Waals surface area contributed by atoms with E-state index in [1.165, 1.54) is 12.1 Å². The van der Waals surface area contributed by atoms with Crippen LogP contribution in [0.3, 0.4) is 0 Å². The van der Waals surface area contributed by atoms with Crippen LogP contribution in [0.25, 0.3) is 0 Å². The molecule has 0 bridgehead atoms. The molecule has 0 spiro atoms. The van der Waals surface area contributed by atoms with Crippen LogP contribution in [0.5, 0.6) is 5.75 Å². The van der Waals surface area contributed by atoms with E-state index in [9.17, 15) is 8.42 Å². The average Bonchev–Trinajstić information content (AvgIpc) is 2.41. The molecule has 112 valence electrons. The highest BCUT2D eigenvalue weighted by Crippen LogP contribution is 2.27. The lowest BCUT2D eigenvalue weighted by Gasteiger charge is -2.11. The van der Waals surface area contributed by atoms with E-state index < -0.39 is 10.0 Å². The van der Waals surface area contributed by atoms with Gasteiger partial charge in [0.25, 0.3) is 0 Å². The molecule has 0 heterocycles. The number of nitrogens with one attached hydrogen (secondary N) is 1. The Kier molecular flexibility index (Phi) is 4.35. The maximum atomic E-state index is 11.3. The van der Waals surface area contributed by atoms with Gasteiger partial charge >= 0.3 is 0 Å². The van der Waals surface area contributed by atoms with Crippen molar-refractivity contribution in [2.24, 2.45) is 5.14 Å². The number of hydrogen-bond donors (Lipinski definition) is 3. The summed E-state index contributed by atoms with van der Waals surface area (Å²) in [5.74, 6) is 0.738. The molecule has 0 radical (unpaired) electrons. The van der Waals surface area contributed by atoms with Crippen LogP contribution < -0.4 is 20.9 Å². The second-order valence-corrected chi connectivity index (χ2v) is 5.94. The van der Waals surface area contributed by atoms with Gasteiger partial charge in [0.05, 0.1) is 22.9 Å². The molecule has 7 heteroatoms. The fourth-order valence-electron chi connectivity index (χ4n) is 1.82. The molecule has 2 rings (SSSR count). The fraction of sp³-hybridized carbons (Fsp3) is 0.143. The molecule has 0 saturated carbocycles. The molecule has 5 N–H and O–H groups in total. The molecule has 0 aliphatic heterocycles. The third kappa shape index (κ3) is 3.87. The van der Waals surface area contributed by atoms with E-state index in [2.05, 4.69) is 5.32 Å². The molecule has 0 aliphatic rings. The topological polar surface area (TPSA) is 107 Å². The molecule has 0 fully saturated rings. The minimum absolute atomic E-state index is 0.0198. The Hall–Kier alpha value is -2.25. The number of primary sulfonamides is 1. The summed E-state index contributed by atoms with van der Waals surface area (Å²) in [6.45, 7) is 2.48.